The monoisotopic (exact) mass is 594 g/mol. The third-order valence-corrected chi connectivity index (χ3v) is 7.64. The fourth-order valence-electron chi connectivity index (χ4n) is 5.20. The zero-order valence-electron chi connectivity index (χ0n) is 22.7. The number of carbonyl (C=O) groups is 1. The van der Waals surface area contributed by atoms with Gasteiger partial charge in [-0.15, -0.1) is 0 Å². The lowest BCUT2D eigenvalue weighted by Crippen LogP contribution is -2.64. The van der Waals surface area contributed by atoms with E-state index in [1.54, 1.807) is 24.3 Å². The Morgan fingerprint density at radius 3 is 2.26 bits per heavy atom. The van der Waals surface area contributed by atoms with Gasteiger partial charge in [-0.2, -0.15) is 0 Å². The number of aliphatic hydroxyl groups is 6. The quantitative estimate of drug-likeness (QED) is 0.208. The van der Waals surface area contributed by atoms with Gasteiger partial charge in [0.05, 0.1) is 26.2 Å². The van der Waals surface area contributed by atoms with E-state index < -0.39 is 79.9 Å². The maximum absolute atomic E-state index is 12.9. The van der Waals surface area contributed by atoms with Crippen LogP contribution < -0.4 is 14.2 Å². The van der Waals surface area contributed by atoms with Crippen molar-refractivity contribution in [1.82, 2.24) is 0 Å². The molecular formula is C28H34O14. The Bertz CT molecular complexity index is 1250. The highest BCUT2D eigenvalue weighted by molar-refractivity contribution is 6.02. The maximum atomic E-state index is 12.9. The summed E-state index contributed by atoms with van der Waals surface area (Å²) in [6.45, 7) is 0.733. The Hall–Kier alpha value is -3.05. The molecule has 11 atom stereocenters. The summed E-state index contributed by atoms with van der Waals surface area (Å²) in [5, 5.41) is 72.3. The molecule has 3 aliphatic heterocycles. The van der Waals surface area contributed by atoms with Crippen LogP contribution in [0.25, 0.3) is 0 Å². The van der Waals surface area contributed by atoms with Crippen LogP contribution in [-0.4, -0.2) is 117 Å². The third kappa shape index (κ3) is 5.77. The van der Waals surface area contributed by atoms with E-state index in [1.807, 2.05) is 0 Å². The van der Waals surface area contributed by atoms with Gasteiger partial charge in [-0.3, -0.25) is 4.79 Å². The van der Waals surface area contributed by atoms with E-state index in [4.69, 9.17) is 28.4 Å². The van der Waals surface area contributed by atoms with Crippen LogP contribution in [0.3, 0.4) is 0 Å². The summed E-state index contributed by atoms with van der Waals surface area (Å²) in [6.07, 6.45) is -15.8. The average Bonchev–Trinajstić information content (AvgIpc) is 2.97. The highest BCUT2D eigenvalue weighted by Crippen LogP contribution is 2.43. The summed E-state index contributed by atoms with van der Waals surface area (Å²) in [7, 11) is 1.53. The number of benzene rings is 2. The van der Waals surface area contributed by atoms with Crippen molar-refractivity contribution in [2.75, 3.05) is 13.7 Å². The molecule has 2 aromatic carbocycles. The van der Waals surface area contributed by atoms with Gasteiger partial charge in [-0.05, 0) is 24.6 Å². The SMILES string of the molecule is COc1ccc(C2CC(=O)c3c(O)cc(O[C@@H]4OC(CO)[C@@H](O)[C@@H](O)C4O[C@@H]4OC(C)[C@H](O)[C@H](O)C4O)cc3O2)cc1. The minimum atomic E-state index is -1.74. The molecule has 0 aliphatic carbocycles. The van der Waals surface area contributed by atoms with Crippen LogP contribution in [0.1, 0.15) is 35.4 Å². The van der Waals surface area contributed by atoms with Gasteiger partial charge in [0.2, 0.25) is 6.29 Å². The average molecular weight is 595 g/mol. The van der Waals surface area contributed by atoms with Crippen LogP contribution in [-0.2, 0) is 14.2 Å². The second kappa shape index (κ2) is 12.3. The van der Waals surface area contributed by atoms with Crippen molar-refractivity contribution < 1.29 is 69.0 Å². The van der Waals surface area contributed by atoms with E-state index in [9.17, 15) is 40.5 Å². The number of rotatable bonds is 7. The number of hydrogen-bond acceptors (Lipinski definition) is 14. The van der Waals surface area contributed by atoms with Crippen molar-refractivity contribution in [3.8, 4) is 23.0 Å². The second-order valence-corrected chi connectivity index (χ2v) is 10.4. The van der Waals surface area contributed by atoms with Gasteiger partial charge in [0.1, 0.15) is 71.3 Å². The van der Waals surface area contributed by atoms with Crippen molar-refractivity contribution in [3.05, 3.63) is 47.5 Å². The molecule has 2 fully saturated rings. The van der Waals surface area contributed by atoms with E-state index in [0.717, 1.165) is 6.07 Å². The molecule has 0 spiro atoms. The van der Waals surface area contributed by atoms with E-state index in [-0.39, 0.29) is 29.3 Å². The van der Waals surface area contributed by atoms with E-state index in [2.05, 4.69) is 0 Å². The molecule has 3 heterocycles. The molecule has 0 aromatic heterocycles. The summed E-state index contributed by atoms with van der Waals surface area (Å²) < 4.78 is 33.9. The normalized spacial score (nSPS) is 36.6. The summed E-state index contributed by atoms with van der Waals surface area (Å²) in [4.78, 5) is 12.9. The Morgan fingerprint density at radius 2 is 1.60 bits per heavy atom. The largest absolute Gasteiger partial charge is 0.507 e. The Morgan fingerprint density at radius 1 is 0.881 bits per heavy atom. The van der Waals surface area contributed by atoms with E-state index >= 15 is 0 Å². The smallest absolute Gasteiger partial charge is 0.229 e. The van der Waals surface area contributed by atoms with Crippen LogP contribution in [0.15, 0.2) is 36.4 Å². The number of fused-ring (bicyclic) bond motifs is 1. The molecule has 14 heteroatoms. The topological polar surface area (TPSA) is 214 Å². The van der Waals surface area contributed by atoms with Crippen LogP contribution in [0, 0.1) is 0 Å². The van der Waals surface area contributed by atoms with Crippen LogP contribution >= 0.6 is 0 Å². The second-order valence-electron chi connectivity index (χ2n) is 10.4. The first kappa shape index (κ1) is 30.4. The highest BCUT2D eigenvalue weighted by atomic mass is 16.8. The number of phenols is 1. The van der Waals surface area contributed by atoms with Gasteiger partial charge < -0.3 is 64.2 Å². The molecule has 3 aliphatic rings. The zero-order chi connectivity index (χ0) is 30.3. The first-order valence-electron chi connectivity index (χ1n) is 13.4. The minimum absolute atomic E-state index is 0.0200. The fourth-order valence-corrected chi connectivity index (χ4v) is 5.20. The molecular weight excluding hydrogens is 560 g/mol. The van der Waals surface area contributed by atoms with Crippen molar-refractivity contribution in [2.45, 2.75) is 80.9 Å². The molecule has 7 N–H and O–H groups in total. The Balaban J connectivity index is 1.40. The predicted octanol–water partition coefficient (Wildman–Crippen LogP) is -0.862. The molecule has 0 saturated carbocycles. The number of carbonyl (C=O) groups excluding carboxylic acids is 1. The molecule has 2 aromatic rings. The molecule has 0 bridgehead atoms. The molecule has 5 rings (SSSR count). The van der Waals surface area contributed by atoms with Gasteiger partial charge in [0, 0.05) is 12.1 Å². The van der Waals surface area contributed by atoms with Gasteiger partial charge >= 0.3 is 0 Å². The molecule has 5 unspecified atom stereocenters. The van der Waals surface area contributed by atoms with Crippen molar-refractivity contribution in [3.63, 3.8) is 0 Å². The highest BCUT2D eigenvalue weighted by Gasteiger charge is 2.51. The number of phenolic OH excluding ortho intramolecular Hbond substituents is 1. The van der Waals surface area contributed by atoms with E-state index in [1.165, 1.54) is 20.1 Å². The first-order chi connectivity index (χ1) is 20.0. The van der Waals surface area contributed by atoms with Gasteiger partial charge in [-0.25, -0.2) is 0 Å². The molecule has 0 radical (unpaired) electrons. The predicted molar refractivity (Wildman–Crippen MR) is 139 cm³/mol. The van der Waals surface area contributed by atoms with Crippen LogP contribution in [0.2, 0.25) is 0 Å². The van der Waals surface area contributed by atoms with Crippen molar-refractivity contribution in [2.24, 2.45) is 0 Å². The lowest BCUT2D eigenvalue weighted by Gasteiger charge is -2.45. The lowest BCUT2D eigenvalue weighted by molar-refractivity contribution is -0.354. The van der Waals surface area contributed by atoms with Crippen LogP contribution in [0.4, 0.5) is 0 Å². The summed E-state index contributed by atoms with van der Waals surface area (Å²) in [5.41, 5.74) is 0.647. The Kier molecular flexibility index (Phi) is 8.89. The van der Waals surface area contributed by atoms with Gasteiger partial charge in [0.15, 0.2) is 18.2 Å². The van der Waals surface area contributed by atoms with Crippen LogP contribution in [0.5, 0.6) is 23.0 Å². The van der Waals surface area contributed by atoms with Gasteiger partial charge in [0.25, 0.3) is 0 Å². The molecule has 230 valence electrons. The minimum Gasteiger partial charge on any atom is -0.507 e. The number of methoxy groups -OCH3 is 1. The zero-order valence-corrected chi connectivity index (χ0v) is 22.7. The fraction of sp³-hybridized carbons (Fsp3) is 0.536. The number of Topliss-reactive ketones (excluding diaryl/α,β-unsaturated/α-hetero) is 1. The number of ketones is 1. The van der Waals surface area contributed by atoms with Crippen molar-refractivity contribution >= 4 is 5.78 Å². The maximum Gasteiger partial charge on any atom is 0.229 e. The first-order valence-corrected chi connectivity index (χ1v) is 13.4. The van der Waals surface area contributed by atoms with Gasteiger partial charge in [-0.1, -0.05) is 12.1 Å². The summed E-state index contributed by atoms with van der Waals surface area (Å²) >= 11 is 0. The lowest BCUT2D eigenvalue weighted by atomic mass is 9.95. The Labute approximate surface area is 240 Å². The summed E-state index contributed by atoms with van der Waals surface area (Å²) in [5.74, 6) is -0.244. The number of ether oxygens (including phenoxy) is 6. The molecule has 0 amide bonds. The number of aliphatic hydroxyl groups excluding tert-OH is 6. The molecule has 14 nitrogen and oxygen atoms in total. The van der Waals surface area contributed by atoms with Crippen molar-refractivity contribution in [1.29, 1.82) is 0 Å². The summed E-state index contributed by atoms with van der Waals surface area (Å²) in [6, 6.07) is 9.42. The standard InChI is InChI=1S/C28H34O14/c1-11-21(32)23(34)25(36)27(38-11)42-26-24(35)22(33)19(10-29)41-28(26)39-14-7-15(30)20-16(31)9-17(40-18(20)8-14)12-3-5-13(37-2)6-4-12/h3-8,11,17,19,21-30,32-36H,9-10H2,1-2H3/t11?,17?,19?,21-,22+,23-,24+,25?,26?,27-,28+/m0/s1. The number of aromatic hydroxyl groups is 1. The molecule has 2 saturated heterocycles. The molecule has 42 heavy (non-hydrogen) atoms. The van der Waals surface area contributed by atoms with E-state index in [0.29, 0.717) is 11.3 Å². The third-order valence-electron chi connectivity index (χ3n) is 7.64. The number of hydrogen-bond donors (Lipinski definition) is 7.